The third-order valence-corrected chi connectivity index (χ3v) is 8.82. The summed E-state index contributed by atoms with van der Waals surface area (Å²) in [7, 11) is 1.58. The molecule has 0 saturated carbocycles. The summed E-state index contributed by atoms with van der Waals surface area (Å²) in [5.41, 5.74) is 3.20. The number of carbonyl (C=O) groups is 3. The number of fused-ring (bicyclic) bond motifs is 5. The van der Waals surface area contributed by atoms with E-state index in [9.17, 15) is 19.5 Å². The molecular weight excluding hydrogens is 614 g/mol. The van der Waals surface area contributed by atoms with Gasteiger partial charge in [0.1, 0.15) is 17.2 Å². The highest BCUT2D eigenvalue weighted by atomic mass is 16.5. The van der Waals surface area contributed by atoms with Gasteiger partial charge in [-0.1, -0.05) is 61.5 Å². The van der Waals surface area contributed by atoms with Gasteiger partial charge in [0.05, 0.1) is 37.7 Å². The summed E-state index contributed by atoms with van der Waals surface area (Å²) in [5, 5.41) is 22.7. The molecule has 0 bridgehead atoms. The van der Waals surface area contributed by atoms with Crippen LogP contribution in [0.2, 0.25) is 0 Å². The number of methoxy groups -OCH3 is 1. The number of aromatic nitrogens is 3. The van der Waals surface area contributed by atoms with Gasteiger partial charge in [0, 0.05) is 49.6 Å². The first-order valence-corrected chi connectivity index (χ1v) is 16.4. The van der Waals surface area contributed by atoms with Crippen LogP contribution in [0.3, 0.4) is 0 Å². The number of nitrogens with one attached hydrogen (secondary N) is 1. The molecule has 1 unspecified atom stereocenters. The summed E-state index contributed by atoms with van der Waals surface area (Å²) in [4.78, 5) is 40.1. The summed E-state index contributed by atoms with van der Waals surface area (Å²) < 4.78 is 18.1. The molecule has 48 heavy (non-hydrogen) atoms. The number of amides is 2. The summed E-state index contributed by atoms with van der Waals surface area (Å²) in [6.07, 6.45) is 0.158. The van der Waals surface area contributed by atoms with E-state index in [0.717, 1.165) is 11.1 Å². The first-order valence-electron chi connectivity index (χ1n) is 16.4. The lowest BCUT2D eigenvalue weighted by molar-refractivity contribution is -0.127. The van der Waals surface area contributed by atoms with E-state index in [1.807, 2.05) is 76.2 Å². The van der Waals surface area contributed by atoms with Gasteiger partial charge in [-0.2, -0.15) is 0 Å². The number of ketones is 1. The first-order chi connectivity index (χ1) is 22.8. The molecule has 1 aromatic heterocycles. The predicted molar refractivity (Wildman–Crippen MR) is 182 cm³/mol. The lowest BCUT2D eigenvalue weighted by atomic mass is 9.86. The van der Waals surface area contributed by atoms with Gasteiger partial charge < -0.3 is 29.5 Å². The molecule has 2 amide bonds. The van der Waals surface area contributed by atoms with E-state index in [1.54, 1.807) is 18.9 Å². The van der Waals surface area contributed by atoms with Crippen molar-refractivity contribution in [3.05, 3.63) is 54.1 Å². The number of benzene rings is 2. The fourth-order valence-electron chi connectivity index (χ4n) is 5.39. The van der Waals surface area contributed by atoms with Gasteiger partial charge >= 0.3 is 0 Å². The number of aliphatic hydroxyl groups is 1. The number of ether oxygens (including phenoxy) is 3. The molecule has 1 atom stereocenters. The van der Waals surface area contributed by atoms with Crippen LogP contribution in [-0.2, 0) is 35.1 Å². The number of aliphatic hydroxyl groups excluding tert-OH is 1. The summed E-state index contributed by atoms with van der Waals surface area (Å²) in [6.45, 7) is 11.2. The Morgan fingerprint density at radius 3 is 2.40 bits per heavy atom. The average molecular weight is 664 g/mol. The molecule has 0 fully saturated rings. The van der Waals surface area contributed by atoms with Crippen LogP contribution < -0.4 is 10.2 Å². The highest BCUT2D eigenvalue weighted by molar-refractivity contribution is 6.01. The van der Waals surface area contributed by atoms with Gasteiger partial charge in [-0.05, 0) is 45.2 Å². The van der Waals surface area contributed by atoms with Crippen molar-refractivity contribution in [3.8, 4) is 22.5 Å². The third kappa shape index (κ3) is 9.34. The number of Topliss-reactive ketones (excluding diaryl/α,β-unsaturated/α-hetero) is 1. The molecule has 4 rings (SSSR count). The number of hydrogen-bond donors (Lipinski definition) is 2. The zero-order valence-electron chi connectivity index (χ0n) is 29.0. The molecule has 1 aliphatic rings. The maximum absolute atomic E-state index is 13.8. The maximum Gasteiger partial charge on any atom is 0.227 e. The monoisotopic (exact) mass is 663 g/mol. The van der Waals surface area contributed by atoms with E-state index < -0.39 is 17.2 Å². The highest BCUT2D eigenvalue weighted by Gasteiger charge is 2.31. The van der Waals surface area contributed by atoms with Crippen molar-refractivity contribution in [1.29, 1.82) is 0 Å². The number of carbonyl (C=O) groups excluding carboxylic acids is 3. The van der Waals surface area contributed by atoms with Crippen molar-refractivity contribution in [2.45, 2.75) is 78.7 Å². The fraction of sp³-hybridized carbons (Fsp3) is 0.528. The minimum atomic E-state index is -1.09. The fourth-order valence-corrected chi connectivity index (χ4v) is 5.39. The van der Waals surface area contributed by atoms with Gasteiger partial charge in [0.15, 0.2) is 6.23 Å². The topological polar surface area (TPSA) is 145 Å². The van der Waals surface area contributed by atoms with Crippen LogP contribution in [0.25, 0.3) is 22.5 Å². The second-order valence-electron chi connectivity index (χ2n) is 13.3. The molecular formula is C36H49N5O7. The molecule has 12 heteroatoms. The van der Waals surface area contributed by atoms with Crippen LogP contribution in [-0.4, -0.2) is 83.4 Å². The molecule has 260 valence electrons. The first kappa shape index (κ1) is 36.9. The molecule has 0 radical (unpaired) electrons. The van der Waals surface area contributed by atoms with Crippen LogP contribution >= 0.6 is 0 Å². The van der Waals surface area contributed by atoms with E-state index in [2.05, 4.69) is 15.6 Å². The Balaban J connectivity index is 1.44. The maximum atomic E-state index is 13.8. The van der Waals surface area contributed by atoms with E-state index in [4.69, 9.17) is 14.2 Å². The molecule has 1 aliphatic heterocycles. The zero-order valence-corrected chi connectivity index (χ0v) is 29.0. The van der Waals surface area contributed by atoms with Gasteiger partial charge in [-0.25, -0.2) is 4.68 Å². The van der Waals surface area contributed by atoms with Crippen LogP contribution in [0.15, 0.2) is 48.5 Å². The highest BCUT2D eigenvalue weighted by Crippen LogP contribution is 2.41. The largest absolute Gasteiger partial charge is 0.382 e. The predicted octanol–water partition coefficient (Wildman–Crippen LogP) is 4.70. The van der Waals surface area contributed by atoms with E-state index in [1.165, 1.54) is 4.68 Å². The molecule has 2 N–H and O–H groups in total. The minimum Gasteiger partial charge on any atom is -0.382 e. The van der Waals surface area contributed by atoms with Gasteiger partial charge in [-0.15, -0.1) is 5.10 Å². The Hall–Kier alpha value is -3.97. The Labute approximate surface area is 282 Å². The van der Waals surface area contributed by atoms with Gasteiger partial charge in [0.2, 0.25) is 11.8 Å². The summed E-state index contributed by atoms with van der Waals surface area (Å²) in [6, 6.07) is 15.1. The SMILES string of the molecule is COCCOCC(O)n1nnc2c1-c1ccccc1CN(C(=O)CCC(=O)NCCC(C)(C)OCCC(C)(C)C(C)=O)c1ccccc1-2. The second-order valence-corrected chi connectivity index (χ2v) is 13.3. The van der Waals surface area contributed by atoms with Crippen LogP contribution in [0.4, 0.5) is 5.69 Å². The summed E-state index contributed by atoms with van der Waals surface area (Å²) in [5.74, 6) is -0.293. The van der Waals surface area contributed by atoms with Gasteiger partial charge in [0.25, 0.3) is 0 Å². The molecule has 0 aliphatic carbocycles. The standard InChI is InChI=1S/C36H49N5O7/c1-25(42)35(2,3)18-20-48-36(4,5)17-19-37-30(43)15-16-31(44)40-23-26-11-7-8-12-27(26)34-33(28-13-9-10-14-29(28)40)38-39-41(34)32(45)24-47-22-21-46-6/h7-14,32,45H,15-24H2,1-6H3,(H,37,43). The number of rotatable bonds is 17. The van der Waals surface area contributed by atoms with Crippen molar-refractivity contribution in [1.82, 2.24) is 20.3 Å². The van der Waals surface area contributed by atoms with Crippen molar-refractivity contribution in [2.24, 2.45) is 5.41 Å². The Kier molecular flexibility index (Phi) is 12.6. The molecule has 0 spiro atoms. The van der Waals surface area contributed by atoms with E-state index in [-0.39, 0.29) is 43.6 Å². The average Bonchev–Trinajstić information content (AvgIpc) is 3.48. The zero-order chi connectivity index (χ0) is 34.9. The van der Waals surface area contributed by atoms with E-state index >= 15 is 0 Å². The van der Waals surface area contributed by atoms with Crippen LogP contribution in [0.1, 0.15) is 72.1 Å². The van der Waals surface area contributed by atoms with Crippen molar-refractivity contribution in [3.63, 3.8) is 0 Å². The van der Waals surface area contributed by atoms with Gasteiger partial charge in [-0.3, -0.25) is 14.4 Å². The Morgan fingerprint density at radius 2 is 1.67 bits per heavy atom. The molecule has 2 aromatic carbocycles. The smallest absolute Gasteiger partial charge is 0.227 e. The number of para-hydroxylation sites is 1. The minimum absolute atomic E-state index is 0.000360. The molecule has 0 saturated heterocycles. The summed E-state index contributed by atoms with van der Waals surface area (Å²) >= 11 is 0. The van der Waals surface area contributed by atoms with Crippen LogP contribution in [0, 0.1) is 5.41 Å². The number of hydrogen-bond acceptors (Lipinski definition) is 9. The molecule has 3 aromatic rings. The normalized spacial score (nSPS) is 13.5. The lowest BCUT2D eigenvalue weighted by Crippen LogP contribution is -2.35. The van der Waals surface area contributed by atoms with Crippen molar-refractivity contribution >= 4 is 23.3 Å². The van der Waals surface area contributed by atoms with Crippen molar-refractivity contribution in [2.75, 3.05) is 45.0 Å². The number of nitrogens with zero attached hydrogens (tertiary/aromatic N) is 4. The molecule has 12 nitrogen and oxygen atoms in total. The number of anilines is 1. The third-order valence-electron chi connectivity index (χ3n) is 8.82. The van der Waals surface area contributed by atoms with Crippen LogP contribution in [0.5, 0.6) is 0 Å². The Morgan fingerprint density at radius 1 is 0.958 bits per heavy atom. The Bertz CT molecular complexity index is 1570. The lowest BCUT2D eigenvalue weighted by Gasteiger charge is -2.29. The second kappa shape index (κ2) is 16.4. The van der Waals surface area contributed by atoms with Crippen molar-refractivity contribution < 1.29 is 33.7 Å². The quantitative estimate of drug-likeness (QED) is 0.196. The van der Waals surface area contributed by atoms with E-state index in [0.29, 0.717) is 61.8 Å². The molecule has 2 heterocycles.